The average molecular weight is 225 g/mol. The van der Waals surface area contributed by atoms with Gasteiger partial charge in [0.05, 0.1) is 5.54 Å². The third-order valence-corrected chi connectivity index (χ3v) is 4.21. The van der Waals surface area contributed by atoms with E-state index in [0.717, 1.165) is 13.0 Å². The lowest BCUT2D eigenvalue weighted by Crippen LogP contribution is -2.64. The van der Waals surface area contributed by atoms with Crippen molar-refractivity contribution in [1.29, 1.82) is 0 Å². The molecule has 1 aromatic rings. The molecule has 2 aliphatic carbocycles. The van der Waals surface area contributed by atoms with E-state index >= 15 is 0 Å². The molecule has 3 nitrogen and oxygen atoms in total. The zero-order valence-corrected chi connectivity index (χ0v) is 9.53. The van der Waals surface area contributed by atoms with Crippen LogP contribution in [0.3, 0.4) is 0 Å². The topological polar surface area (TPSA) is 36.1 Å². The average Bonchev–Trinajstić information content (AvgIpc) is 2.71. The number of benzene rings is 1. The van der Waals surface area contributed by atoms with Crippen molar-refractivity contribution in [3.8, 4) is 0 Å². The highest BCUT2D eigenvalue weighted by molar-refractivity contribution is 5.52. The molecule has 1 fully saturated rings. The van der Waals surface area contributed by atoms with Gasteiger partial charge in [0.2, 0.25) is 0 Å². The van der Waals surface area contributed by atoms with E-state index < -0.39 is 0 Å². The molecule has 3 heteroatoms. The van der Waals surface area contributed by atoms with Crippen LogP contribution in [0.2, 0.25) is 0 Å². The lowest BCUT2D eigenvalue weighted by molar-refractivity contribution is 0.211. The molecule has 17 heavy (non-hydrogen) atoms. The second-order valence-corrected chi connectivity index (χ2v) is 4.96. The molecular formula is C14H15N3. The highest BCUT2D eigenvalue weighted by Crippen LogP contribution is 2.48. The van der Waals surface area contributed by atoms with Crippen LogP contribution >= 0.6 is 0 Å². The largest absolute Gasteiger partial charge is 0.240 e. The van der Waals surface area contributed by atoms with Gasteiger partial charge in [-0.3, -0.25) is 0 Å². The van der Waals surface area contributed by atoms with Crippen LogP contribution in [0.1, 0.15) is 11.1 Å². The zero-order chi connectivity index (χ0) is 11.3. The molecule has 86 valence electrons. The van der Waals surface area contributed by atoms with Crippen molar-refractivity contribution in [1.82, 2.24) is 16.4 Å². The van der Waals surface area contributed by atoms with Gasteiger partial charge in [-0.2, -0.15) is 5.53 Å². The number of nitrogens with one attached hydrogen (secondary N) is 3. The Labute approximate surface area is 101 Å². The molecule has 3 aliphatic rings. The van der Waals surface area contributed by atoms with Crippen LogP contribution in [-0.2, 0) is 12.0 Å². The Hall–Kier alpha value is -1.42. The summed E-state index contributed by atoms with van der Waals surface area (Å²) in [5.74, 6) is 0.523. The maximum atomic E-state index is 3.47. The van der Waals surface area contributed by atoms with E-state index in [0.29, 0.717) is 5.92 Å². The molecule has 4 rings (SSSR count). The molecule has 0 radical (unpaired) electrons. The first-order valence-electron chi connectivity index (χ1n) is 6.12. The van der Waals surface area contributed by atoms with Gasteiger partial charge >= 0.3 is 0 Å². The Morgan fingerprint density at radius 2 is 2.18 bits per heavy atom. The molecule has 3 N–H and O–H groups in total. The SMILES string of the molecule is C1=CC2Cc3ccccc3C23NNNCC3=C1. The van der Waals surface area contributed by atoms with Crippen molar-refractivity contribution in [3.63, 3.8) is 0 Å². The first-order chi connectivity index (χ1) is 8.41. The molecule has 0 aromatic heterocycles. The van der Waals surface area contributed by atoms with Crippen molar-refractivity contribution in [2.75, 3.05) is 6.54 Å². The fraction of sp³-hybridized carbons (Fsp3) is 0.286. The molecule has 0 amide bonds. The minimum Gasteiger partial charge on any atom is -0.240 e. The zero-order valence-electron chi connectivity index (χ0n) is 9.53. The smallest absolute Gasteiger partial charge is 0.0878 e. The fourth-order valence-corrected chi connectivity index (χ4v) is 3.45. The first kappa shape index (κ1) is 9.59. The third-order valence-electron chi connectivity index (χ3n) is 4.21. The number of allylic oxidation sites excluding steroid dienone is 2. The van der Waals surface area contributed by atoms with E-state index in [9.17, 15) is 0 Å². The normalized spacial score (nSPS) is 33.6. The van der Waals surface area contributed by atoms with E-state index in [1.54, 1.807) is 0 Å². The maximum absolute atomic E-state index is 3.47. The van der Waals surface area contributed by atoms with Crippen LogP contribution in [0.25, 0.3) is 0 Å². The minimum atomic E-state index is -0.0312. The van der Waals surface area contributed by atoms with Gasteiger partial charge in [0.1, 0.15) is 0 Å². The maximum Gasteiger partial charge on any atom is 0.0878 e. The summed E-state index contributed by atoms with van der Waals surface area (Å²) in [6.45, 7) is 0.891. The van der Waals surface area contributed by atoms with E-state index in [1.807, 2.05) is 0 Å². The second kappa shape index (κ2) is 3.29. The van der Waals surface area contributed by atoms with Crippen LogP contribution in [0.5, 0.6) is 0 Å². The van der Waals surface area contributed by atoms with Crippen LogP contribution < -0.4 is 16.4 Å². The van der Waals surface area contributed by atoms with Gasteiger partial charge in [-0.1, -0.05) is 42.5 Å². The Bertz CT molecular complexity index is 532. The van der Waals surface area contributed by atoms with Gasteiger partial charge in [-0.25, -0.2) is 10.9 Å². The highest BCUT2D eigenvalue weighted by atomic mass is 15.6. The molecule has 1 spiro atoms. The van der Waals surface area contributed by atoms with Gasteiger partial charge in [-0.15, -0.1) is 0 Å². The summed E-state index contributed by atoms with van der Waals surface area (Å²) in [5, 5.41) is 0. The van der Waals surface area contributed by atoms with E-state index in [4.69, 9.17) is 0 Å². The summed E-state index contributed by atoms with van der Waals surface area (Å²) in [7, 11) is 0. The molecule has 2 atom stereocenters. The molecule has 1 aliphatic heterocycles. The summed E-state index contributed by atoms with van der Waals surface area (Å²) in [5.41, 5.74) is 14.0. The molecule has 1 saturated heterocycles. The molecule has 1 heterocycles. The fourth-order valence-electron chi connectivity index (χ4n) is 3.45. The van der Waals surface area contributed by atoms with Crippen LogP contribution in [0.15, 0.2) is 48.1 Å². The number of fused-ring (bicyclic) bond motifs is 1. The summed E-state index contributed by atoms with van der Waals surface area (Å²) in [4.78, 5) is 0. The standard InChI is InChI=1S/C14H15N3/c1-2-7-13-10(4-1)8-11-5-3-6-12-9-15-17-16-14(11,12)13/h1-7,11,15-17H,8-9H2. The number of rotatable bonds is 0. The van der Waals surface area contributed by atoms with Gasteiger partial charge in [0, 0.05) is 12.5 Å². The third kappa shape index (κ3) is 1.11. The summed E-state index contributed by atoms with van der Waals surface area (Å²) >= 11 is 0. The Morgan fingerprint density at radius 3 is 3.18 bits per heavy atom. The van der Waals surface area contributed by atoms with Crippen LogP contribution in [-0.4, -0.2) is 6.54 Å². The minimum absolute atomic E-state index is 0.0312. The van der Waals surface area contributed by atoms with Gasteiger partial charge < -0.3 is 0 Å². The van der Waals surface area contributed by atoms with Crippen molar-refractivity contribution >= 4 is 0 Å². The monoisotopic (exact) mass is 225 g/mol. The predicted molar refractivity (Wildman–Crippen MR) is 66.8 cm³/mol. The highest BCUT2D eigenvalue weighted by Gasteiger charge is 2.50. The Morgan fingerprint density at radius 1 is 1.24 bits per heavy atom. The number of hydrogen-bond donors (Lipinski definition) is 3. The van der Waals surface area contributed by atoms with E-state index in [2.05, 4.69) is 58.9 Å². The molecule has 0 bridgehead atoms. The lowest BCUT2D eigenvalue weighted by Gasteiger charge is -2.44. The number of hydrazine groups is 2. The predicted octanol–water partition coefficient (Wildman–Crippen LogP) is 1.16. The summed E-state index contributed by atoms with van der Waals surface area (Å²) in [6.07, 6.45) is 7.88. The van der Waals surface area contributed by atoms with Gasteiger partial charge in [0.15, 0.2) is 0 Å². The number of hydrogen-bond acceptors (Lipinski definition) is 3. The molecular weight excluding hydrogens is 210 g/mol. The van der Waals surface area contributed by atoms with Crippen molar-refractivity contribution in [2.24, 2.45) is 5.92 Å². The van der Waals surface area contributed by atoms with Crippen molar-refractivity contribution in [2.45, 2.75) is 12.0 Å². The van der Waals surface area contributed by atoms with Crippen molar-refractivity contribution in [3.05, 3.63) is 59.2 Å². The Kier molecular flexibility index (Phi) is 1.86. The molecule has 1 aromatic carbocycles. The van der Waals surface area contributed by atoms with E-state index in [-0.39, 0.29) is 5.54 Å². The van der Waals surface area contributed by atoms with Crippen LogP contribution in [0, 0.1) is 5.92 Å². The summed E-state index contributed by atoms with van der Waals surface area (Å²) in [6, 6.07) is 8.77. The molecule has 2 unspecified atom stereocenters. The lowest BCUT2D eigenvalue weighted by atomic mass is 9.74. The summed E-state index contributed by atoms with van der Waals surface area (Å²) < 4.78 is 0. The first-order valence-corrected chi connectivity index (χ1v) is 6.12. The quantitative estimate of drug-likeness (QED) is 0.620. The Balaban J connectivity index is 1.96. The van der Waals surface area contributed by atoms with Crippen LogP contribution in [0.4, 0.5) is 0 Å². The van der Waals surface area contributed by atoms with Gasteiger partial charge in [-0.05, 0) is 23.1 Å². The van der Waals surface area contributed by atoms with E-state index in [1.165, 1.54) is 16.7 Å². The molecule has 0 saturated carbocycles. The second-order valence-electron chi connectivity index (χ2n) is 4.96. The van der Waals surface area contributed by atoms with Gasteiger partial charge in [0.25, 0.3) is 0 Å². The van der Waals surface area contributed by atoms with Crippen molar-refractivity contribution < 1.29 is 0 Å².